The number of benzene rings is 2. The summed E-state index contributed by atoms with van der Waals surface area (Å²) in [5.74, 6) is 1.72. The molecule has 0 fully saturated rings. The van der Waals surface area contributed by atoms with E-state index in [-0.39, 0.29) is 6.04 Å². The van der Waals surface area contributed by atoms with Gasteiger partial charge in [-0.25, -0.2) is 0 Å². The summed E-state index contributed by atoms with van der Waals surface area (Å²) in [6.45, 7) is 6.15. The van der Waals surface area contributed by atoms with E-state index in [0.29, 0.717) is 0 Å². The smallest absolute Gasteiger partial charge is 0.162 e. The Balaban J connectivity index is 1.78. The summed E-state index contributed by atoms with van der Waals surface area (Å²) >= 11 is 0. The van der Waals surface area contributed by atoms with Crippen molar-refractivity contribution in [2.75, 3.05) is 0 Å². The molecule has 144 valence electrons. The molecule has 6 nitrogen and oxygen atoms in total. The molecular formula is C23H22N6. The van der Waals surface area contributed by atoms with Gasteiger partial charge < -0.3 is 0 Å². The molecule has 29 heavy (non-hydrogen) atoms. The summed E-state index contributed by atoms with van der Waals surface area (Å²) in [4.78, 5) is 5.08. The highest BCUT2D eigenvalue weighted by molar-refractivity contribution is 6.15. The topological polar surface area (TPSA) is 60.9 Å². The average Bonchev–Trinajstić information content (AvgIpc) is 3.29. The van der Waals surface area contributed by atoms with E-state index in [1.165, 1.54) is 5.56 Å². The zero-order valence-electron chi connectivity index (χ0n) is 17.0. The molecule has 6 heteroatoms. The summed E-state index contributed by atoms with van der Waals surface area (Å²) in [5.41, 5.74) is 7.62. The van der Waals surface area contributed by atoms with Crippen molar-refractivity contribution < 1.29 is 0 Å². The lowest BCUT2D eigenvalue weighted by Gasteiger charge is -2.14. The Morgan fingerprint density at radius 1 is 0.897 bits per heavy atom. The third-order valence-electron chi connectivity index (χ3n) is 5.40. The molecule has 5 rings (SSSR count). The Labute approximate surface area is 169 Å². The molecule has 4 aromatic rings. The lowest BCUT2D eigenvalue weighted by Crippen LogP contribution is -2.08. The third-order valence-corrected chi connectivity index (χ3v) is 5.40. The van der Waals surface area contributed by atoms with E-state index in [1.54, 1.807) is 0 Å². The number of hydrogen-bond acceptors (Lipinski definition) is 4. The number of rotatable bonds is 2. The fraction of sp³-hybridized carbons (Fsp3) is 0.217. The number of fused-ring (bicyclic) bond motifs is 3. The minimum atomic E-state index is -0.0956. The van der Waals surface area contributed by atoms with E-state index >= 15 is 0 Å². The minimum Gasteiger partial charge on any atom is -0.281 e. The molecule has 0 saturated carbocycles. The second-order valence-corrected chi connectivity index (χ2v) is 7.60. The maximum Gasteiger partial charge on any atom is 0.162 e. The van der Waals surface area contributed by atoms with Gasteiger partial charge >= 0.3 is 0 Å². The average molecular weight is 382 g/mol. The molecule has 0 aliphatic carbocycles. The van der Waals surface area contributed by atoms with Crippen LogP contribution >= 0.6 is 0 Å². The van der Waals surface area contributed by atoms with Crippen LogP contribution in [0.2, 0.25) is 0 Å². The highest BCUT2D eigenvalue weighted by Gasteiger charge is 2.26. The molecule has 0 amide bonds. The van der Waals surface area contributed by atoms with Crippen LogP contribution < -0.4 is 0 Å². The van der Waals surface area contributed by atoms with Crippen molar-refractivity contribution in [2.24, 2.45) is 12.0 Å². The molecule has 3 heterocycles. The third kappa shape index (κ3) is 2.88. The van der Waals surface area contributed by atoms with Crippen LogP contribution in [0.4, 0.5) is 0 Å². The molecule has 2 aromatic carbocycles. The van der Waals surface area contributed by atoms with Gasteiger partial charge in [-0.3, -0.25) is 14.2 Å². The summed E-state index contributed by atoms with van der Waals surface area (Å²) < 4.78 is 3.94. The number of aliphatic imine (C=N–C) groups is 1. The molecule has 1 atom stereocenters. The largest absolute Gasteiger partial charge is 0.281 e. The predicted molar refractivity (Wildman–Crippen MR) is 114 cm³/mol. The molecule has 1 aliphatic rings. The normalized spacial score (nSPS) is 15.4. The molecule has 0 spiro atoms. The van der Waals surface area contributed by atoms with Crippen LogP contribution in [-0.4, -0.2) is 30.3 Å². The fourth-order valence-corrected chi connectivity index (χ4v) is 3.88. The first-order valence-electron chi connectivity index (χ1n) is 9.72. The van der Waals surface area contributed by atoms with Gasteiger partial charge in [-0.05, 0) is 38.5 Å². The SMILES string of the molecule is Cc1ccc(C2=N[C@@H](C)c3nnc(C)n3-c3ccc(-c4cnn(C)c4)cc32)cc1. The van der Waals surface area contributed by atoms with Crippen LogP contribution in [0, 0.1) is 13.8 Å². The van der Waals surface area contributed by atoms with Crippen molar-refractivity contribution in [1.29, 1.82) is 0 Å². The first-order chi connectivity index (χ1) is 14.0. The standard InChI is InChI=1S/C23H22N6/c1-14-5-7-17(8-6-14)22-20-11-18(19-12-24-28(4)13-19)9-10-21(20)29-16(3)26-27-23(29)15(2)25-22/h5-13,15H,1-4H3/t15-/m0/s1. The van der Waals surface area contributed by atoms with Crippen LogP contribution in [0.15, 0.2) is 59.9 Å². The van der Waals surface area contributed by atoms with E-state index in [0.717, 1.165) is 45.3 Å². The highest BCUT2D eigenvalue weighted by atomic mass is 15.3. The molecule has 0 unspecified atom stereocenters. The molecule has 0 radical (unpaired) electrons. The lowest BCUT2D eigenvalue weighted by molar-refractivity contribution is 0.721. The van der Waals surface area contributed by atoms with E-state index in [9.17, 15) is 0 Å². The quantitative estimate of drug-likeness (QED) is 0.522. The van der Waals surface area contributed by atoms with Crippen molar-refractivity contribution >= 4 is 5.71 Å². The van der Waals surface area contributed by atoms with E-state index in [1.807, 2.05) is 31.0 Å². The number of aromatic nitrogens is 5. The van der Waals surface area contributed by atoms with Crippen LogP contribution in [-0.2, 0) is 7.05 Å². The van der Waals surface area contributed by atoms with Gasteiger partial charge in [0.05, 0.1) is 17.6 Å². The molecular weight excluding hydrogens is 360 g/mol. The summed E-state index contributed by atoms with van der Waals surface area (Å²) in [5, 5.41) is 13.1. The van der Waals surface area contributed by atoms with Crippen LogP contribution in [0.3, 0.4) is 0 Å². The summed E-state index contributed by atoms with van der Waals surface area (Å²) in [6.07, 6.45) is 3.92. The second kappa shape index (κ2) is 6.51. The lowest BCUT2D eigenvalue weighted by atomic mass is 9.96. The Bertz CT molecular complexity index is 1240. The molecule has 2 aromatic heterocycles. The van der Waals surface area contributed by atoms with Gasteiger partial charge in [-0.1, -0.05) is 35.9 Å². The predicted octanol–water partition coefficient (Wildman–Crippen LogP) is 4.20. The van der Waals surface area contributed by atoms with Crippen LogP contribution in [0.25, 0.3) is 16.8 Å². The number of hydrogen-bond donors (Lipinski definition) is 0. The van der Waals surface area contributed by atoms with Gasteiger partial charge in [0.2, 0.25) is 0 Å². The zero-order chi connectivity index (χ0) is 20.1. The Morgan fingerprint density at radius 3 is 2.38 bits per heavy atom. The minimum absolute atomic E-state index is 0.0956. The first-order valence-corrected chi connectivity index (χ1v) is 9.72. The van der Waals surface area contributed by atoms with E-state index in [4.69, 9.17) is 4.99 Å². The number of aryl methyl sites for hydroxylation is 3. The highest BCUT2D eigenvalue weighted by Crippen LogP contribution is 2.33. The molecule has 0 bridgehead atoms. The monoisotopic (exact) mass is 382 g/mol. The second-order valence-electron chi connectivity index (χ2n) is 7.60. The number of nitrogens with zero attached hydrogens (tertiary/aromatic N) is 6. The van der Waals surface area contributed by atoms with Gasteiger partial charge in [-0.2, -0.15) is 5.10 Å². The van der Waals surface area contributed by atoms with Crippen molar-refractivity contribution in [3.8, 4) is 16.8 Å². The Kier molecular flexibility index (Phi) is 3.94. The molecule has 0 N–H and O–H groups in total. The van der Waals surface area contributed by atoms with Gasteiger partial charge in [-0.15, -0.1) is 10.2 Å². The van der Waals surface area contributed by atoms with Crippen molar-refractivity contribution in [3.63, 3.8) is 0 Å². The summed E-state index contributed by atoms with van der Waals surface area (Å²) in [6, 6.07) is 14.9. The zero-order valence-corrected chi connectivity index (χ0v) is 17.0. The Morgan fingerprint density at radius 2 is 1.66 bits per heavy atom. The van der Waals surface area contributed by atoms with Gasteiger partial charge in [0.25, 0.3) is 0 Å². The van der Waals surface area contributed by atoms with Crippen LogP contribution in [0.5, 0.6) is 0 Å². The van der Waals surface area contributed by atoms with Crippen LogP contribution in [0.1, 0.15) is 41.3 Å². The van der Waals surface area contributed by atoms with E-state index in [2.05, 4.69) is 76.2 Å². The fourth-order valence-electron chi connectivity index (χ4n) is 3.88. The van der Waals surface area contributed by atoms with Crippen molar-refractivity contribution in [1.82, 2.24) is 24.5 Å². The van der Waals surface area contributed by atoms with E-state index < -0.39 is 0 Å². The van der Waals surface area contributed by atoms with Gasteiger partial charge in [0, 0.05) is 29.9 Å². The Hall–Kier alpha value is -3.54. The van der Waals surface area contributed by atoms with Crippen molar-refractivity contribution in [3.05, 3.63) is 83.2 Å². The maximum atomic E-state index is 5.08. The van der Waals surface area contributed by atoms with Gasteiger partial charge in [0.15, 0.2) is 5.82 Å². The van der Waals surface area contributed by atoms with Gasteiger partial charge in [0.1, 0.15) is 11.9 Å². The molecule has 1 aliphatic heterocycles. The summed E-state index contributed by atoms with van der Waals surface area (Å²) in [7, 11) is 1.93. The first kappa shape index (κ1) is 17.6. The van der Waals surface area contributed by atoms with Crippen molar-refractivity contribution in [2.45, 2.75) is 26.8 Å². The maximum absolute atomic E-state index is 5.08. The molecule has 0 saturated heterocycles.